The Balaban J connectivity index is 1.87. The predicted molar refractivity (Wildman–Crippen MR) is 86.1 cm³/mol. The molecule has 0 unspecified atom stereocenters. The number of nitrogens with one attached hydrogen (secondary N) is 2. The number of anilines is 2. The van der Waals surface area contributed by atoms with Gasteiger partial charge in [-0.15, -0.1) is 0 Å². The zero-order valence-corrected chi connectivity index (χ0v) is 13.1. The largest absolute Gasteiger partial charge is 0.469 e. The zero-order chi connectivity index (χ0) is 16.7. The van der Waals surface area contributed by atoms with E-state index in [1.165, 1.54) is 7.11 Å². The third-order valence-corrected chi connectivity index (χ3v) is 3.57. The Kier molecular flexibility index (Phi) is 5.96. The van der Waals surface area contributed by atoms with Crippen molar-refractivity contribution >= 4 is 29.3 Å². The van der Waals surface area contributed by atoms with E-state index in [9.17, 15) is 14.4 Å². The van der Waals surface area contributed by atoms with E-state index in [4.69, 9.17) is 0 Å². The van der Waals surface area contributed by atoms with Crippen LogP contribution in [0, 0.1) is 0 Å². The molecule has 1 saturated heterocycles. The number of urea groups is 1. The van der Waals surface area contributed by atoms with Gasteiger partial charge in [0.1, 0.15) is 0 Å². The predicted octanol–water partition coefficient (Wildman–Crippen LogP) is 2.21. The number of esters is 1. The van der Waals surface area contributed by atoms with Crippen molar-refractivity contribution in [3.05, 3.63) is 24.3 Å². The first-order valence-electron chi connectivity index (χ1n) is 7.61. The number of hydrogen-bond donors (Lipinski definition) is 2. The minimum atomic E-state index is -0.424. The van der Waals surface area contributed by atoms with Crippen LogP contribution in [0.15, 0.2) is 24.3 Å². The number of ether oxygens (including phenoxy) is 1. The molecule has 23 heavy (non-hydrogen) atoms. The summed E-state index contributed by atoms with van der Waals surface area (Å²) in [6.45, 7) is 1.55. The lowest BCUT2D eigenvalue weighted by molar-refractivity contribution is -0.141. The highest BCUT2D eigenvalue weighted by Gasteiger charge is 2.17. The second-order valence-electron chi connectivity index (χ2n) is 5.33. The summed E-state index contributed by atoms with van der Waals surface area (Å²) in [6, 6.07) is 6.79. The molecule has 7 nitrogen and oxygen atoms in total. The third kappa shape index (κ3) is 5.28. The smallest absolute Gasteiger partial charge is 0.321 e. The molecule has 1 heterocycles. The molecule has 2 N–H and O–H groups in total. The van der Waals surface area contributed by atoms with E-state index < -0.39 is 5.97 Å². The van der Waals surface area contributed by atoms with Crippen LogP contribution in [0.2, 0.25) is 0 Å². The van der Waals surface area contributed by atoms with Gasteiger partial charge < -0.3 is 20.3 Å². The van der Waals surface area contributed by atoms with Crippen molar-refractivity contribution in [2.24, 2.45) is 0 Å². The number of carbonyl (C=O) groups is 3. The van der Waals surface area contributed by atoms with Gasteiger partial charge in [0, 0.05) is 30.9 Å². The van der Waals surface area contributed by atoms with Gasteiger partial charge in [-0.25, -0.2) is 4.79 Å². The molecule has 0 spiro atoms. The Hall–Kier alpha value is -2.57. The summed E-state index contributed by atoms with van der Waals surface area (Å²) in [5.41, 5.74) is 1.19. The lowest BCUT2D eigenvalue weighted by Crippen LogP contribution is -2.32. The molecule has 1 aliphatic rings. The lowest BCUT2D eigenvalue weighted by atomic mass is 10.2. The van der Waals surface area contributed by atoms with Crippen LogP contribution in [0.3, 0.4) is 0 Å². The second kappa shape index (κ2) is 8.17. The van der Waals surface area contributed by atoms with Crippen molar-refractivity contribution < 1.29 is 19.1 Å². The van der Waals surface area contributed by atoms with Crippen molar-refractivity contribution in [2.45, 2.75) is 25.7 Å². The van der Waals surface area contributed by atoms with Crippen LogP contribution in [-0.2, 0) is 14.3 Å². The van der Waals surface area contributed by atoms with Gasteiger partial charge in [0.05, 0.1) is 13.5 Å². The molecule has 1 aromatic carbocycles. The molecule has 0 saturated carbocycles. The molecule has 2 rings (SSSR count). The highest BCUT2D eigenvalue weighted by Crippen LogP contribution is 2.17. The van der Waals surface area contributed by atoms with E-state index in [0.29, 0.717) is 11.4 Å². The Bertz CT molecular complexity index is 582. The first-order valence-corrected chi connectivity index (χ1v) is 7.61. The van der Waals surface area contributed by atoms with Crippen molar-refractivity contribution in [3.8, 4) is 0 Å². The van der Waals surface area contributed by atoms with E-state index in [0.717, 1.165) is 25.9 Å². The molecule has 1 fully saturated rings. The normalized spacial score (nSPS) is 13.5. The highest BCUT2D eigenvalue weighted by molar-refractivity contribution is 5.94. The number of rotatable bonds is 5. The van der Waals surface area contributed by atoms with E-state index in [1.807, 2.05) is 0 Å². The van der Waals surface area contributed by atoms with Gasteiger partial charge in [0.25, 0.3) is 0 Å². The molecule has 0 aromatic heterocycles. The number of methoxy groups -OCH3 is 1. The molecule has 0 atom stereocenters. The van der Waals surface area contributed by atoms with Gasteiger partial charge in [0.15, 0.2) is 0 Å². The van der Waals surface area contributed by atoms with Gasteiger partial charge in [0.2, 0.25) is 5.91 Å². The standard InChI is InChI=1S/C16H21N3O4/c1-23-15(21)8-7-14(20)17-12-5-4-6-13(11-12)18-16(22)19-9-2-3-10-19/h4-6,11H,2-3,7-10H2,1H3,(H,17,20)(H,18,22). The minimum absolute atomic E-state index is 0.0354. The lowest BCUT2D eigenvalue weighted by Gasteiger charge is -2.16. The van der Waals surface area contributed by atoms with E-state index >= 15 is 0 Å². The molecular weight excluding hydrogens is 298 g/mol. The maximum Gasteiger partial charge on any atom is 0.321 e. The van der Waals surface area contributed by atoms with Crippen molar-refractivity contribution in [3.63, 3.8) is 0 Å². The average molecular weight is 319 g/mol. The zero-order valence-electron chi connectivity index (χ0n) is 13.1. The molecule has 7 heteroatoms. The third-order valence-electron chi connectivity index (χ3n) is 3.57. The summed E-state index contributed by atoms with van der Waals surface area (Å²) in [4.78, 5) is 36.6. The number of amides is 3. The van der Waals surface area contributed by atoms with Gasteiger partial charge in [-0.1, -0.05) is 6.07 Å². The maximum absolute atomic E-state index is 12.0. The molecule has 0 bridgehead atoms. The number of likely N-dealkylation sites (tertiary alicyclic amines) is 1. The van der Waals surface area contributed by atoms with Crippen LogP contribution in [0.5, 0.6) is 0 Å². The van der Waals surface area contributed by atoms with Crippen LogP contribution in [0.25, 0.3) is 0 Å². The fourth-order valence-corrected chi connectivity index (χ4v) is 2.34. The Morgan fingerprint density at radius 2 is 1.74 bits per heavy atom. The quantitative estimate of drug-likeness (QED) is 0.815. The van der Waals surface area contributed by atoms with Crippen molar-refractivity contribution in [1.82, 2.24) is 4.90 Å². The maximum atomic E-state index is 12.0. The fourth-order valence-electron chi connectivity index (χ4n) is 2.34. The fraction of sp³-hybridized carbons (Fsp3) is 0.438. The summed E-state index contributed by atoms with van der Waals surface area (Å²) < 4.78 is 4.49. The molecule has 124 valence electrons. The Morgan fingerprint density at radius 1 is 1.09 bits per heavy atom. The first-order chi connectivity index (χ1) is 11.1. The molecule has 3 amide bonds. The van der Waals surface area contributed by atoms with Crippen LogP contribution in [0.4, 0.5) is 16.2 Å². The summed E-state index contributed by atoms with van der Waals surface area (Å²) in [6.07, 6.45) is 2.15. The number of nitrogens with zero attached hydrogens (tertiary/aromatic N) is 1. The first kappa shape index (κ1) is 16.8. The molecule has 1 aliphatic heterocycles. The molecule has 0 aliphatic carbocycles. The number of hydrogen-bond acceptors (Lipinski definition) is 4. The van der Waals surface area contributed by atoms with E-state index in [2.05, 4.69) is 15.4 Å². The molecule has 0 radical (unpaired) electrons. The average Bonchev–Trinajstić information content (AvgIpc) is 3.07. The molecule has 1 aromatic rings. The SMILES string of the molecule is COC(=O)CCC(=O)Nc1cccc(NC(=O)N2CCCC2)c1. The monoisotopic (exact) mass is 319 g/mol. The van der Waals surface area contributed by atoms with Crippen LogP contribution < -0.4 is 10.6 Å². The Morgan fingerprint density at radius 3 is 2.39 bits per heavy atom. The number of carbonyl (C=O) groups excluding carboxylic acids is 3. The van der Waals surface area contributed by atoms with E-state index in [-0.39, 0.29) is 24.8 Å². The van der Waals surface area contributed by atoms with Crippen molar-refractivity contribution in [2.75, 3.05) is 30.8 Å². The second-order valence-corrected chi connectivity index (χ2v) is 5.33. The highest BCUT2D eigenvalue weighted by atomic mass is 16.5. The van der Waals surface area contributed by atoms with Gasteiger partial charge in [-0.3, -0.25) is 9.59 Å². The van der Waals surface area contributed by atoms with Crippen LogP contribution >= 0.6 is 0 Å². The topological polar surface area (TPSA) is 87.7 Å². The number of benzene rings is 1. The summed E-state index contributed by atoms with van der Waals surface area (Å²) in [7, 11) is 1.28. The van der Waals surface area contributed by atoms with Gasteiger partial charge >= 0.3 is 12.0 Å². The van der Waals surface area contributed by atoms with Gasteiger partial charge in [-0.2, -0.15) is 0 Å². The summed E-state index contributed by atoms with van der Waals surface area (Å²) in [5.74, 6) is -0.704. The summed E-state index contributed by atoms with van der Waals surface area (Å²) >= 11 is 0. The molecular formula is C16H21N3O4. The van der Waals surface area contributed by atoms with Gasteiger partial charge in [-0.05, 0) is 31.0 Å². The van der Waals surface area contributed by atoms with Crippen LogP contribution in [0.1, 0.15) is 25.7 Å². The summed E-state index contributed by atoms with van der Waals surface area (Å²) in [5, 5.41) is 5.51. The van der Waals surface area contributed by atoms with Crippen molar-refractivity contribution in [1.29, 1.82) is 0 Å². The Labute approximate surface area is 135 Å². The van der Waals surface area contributed by atoms with Crippen LogP contribution in [-0.4, -0.2) is 43.0 Å². The minimum Gasteiger partial charge on any atom is -0.469 e. The van der Waals surface area contributed by atoms with E-state index in [1.54, 1.807) is 29.2 Å².